The molecule has 43 heavy (non-hydrogen) atoms. The fourth-order valence-corrected chi connectivity index (χ4v) is 6.14. The molecule has 4 N–H and O–H groups in total. The molecule has 0 aromatic carbocycles. The SMILES string of the molecule is CCC[C@H](NC(=O)[C@@H]1C[C@@H]2CCCC[C@@H]2N1C(=O)[C@@H](NC(=O)CNC(=O)c1ccoc1)C(C)(C)C)C(=O)C(=O)NC1CC1. The number of nitrogens with one attached hydrogen (secondary N) is 4. The predicted octanol–water partition coefficient (Wildman–Crippen LogP) is 1.83. The fourth-order valence-electron chi connectivity index (χ4n) is 6.14. The summed E-state index contributed by atoms with van der Waals surface area (Å²) < 4.78 is 4.91. The Morgan fingerprint density at radius 1 is 1.02 bits per heavy atom. The fraction of sp³-hybridized carbons (Fsp3) is 0.677. The van der Waals surface area contributed by atoms with Gasteiger partial charge in [0, 0.05) is 12.1 Å². The van der Waals surface area contributed by atoms with E-state index < -0.39 is 53.0 Å². The third-order valence-corrected chi connectivity index (χ3v) is 8.60. The van der Waals surface area contributed by atoms with Crippen molar-refractivity contribution in [2.45, 2.75) is 116 Å². The second-order valence-electron chi connectivity index (χ2n) is 13.1. The maximum absolute atomic E-state index is 14.3. The van der Waals surface area contributed by atoms with Gasteiger partial charge in [-0.3, -0.25) is 28.8 Å². The van der Waals surface area contributed by atoms with Crippen LogP contribution in [-0.2, 0) is 24.0 Å². The van der Waals surface area contributed by atoms with Gasteiger partial charge in [0.2, 0.25) is 23.5 Å². The van der Waals surface area contributed by atoms with Gasteiger partial charge < -0.3 is 30.6 Å². The van der Waals surface area contributed by atoms with Gasteiger partial charge in [0.15, 0.2) is 0 Å². The lowest BCUT2D eigenvalue weighted by Gasteiger charge is -2.39. The number of fused-ring (bicyclic) bond motifs is 1. The van der Waals surface area contributed by atoms with E-state index in [9.17, 15) is 28.8 Å². The number of amides is 5. The highest BCUT2D eigenvalue weighted by atomic mass is 16.3. The zero-order chi connectivity index (χ0) is 31.3. The number of Topliss-reactive ketones (excluding diaryl/α,β-unsaturated/α-hetero) is 1. The van der Waals surface area contributed by atoms with Gasteiger partial charge in [-0.1, -0.05) is 47.0 Å². The summed E-state index contributed by atoms with van der Waals surface area (Å²) in [5.41, 5.74) is -0.438. The molecular weight excluding hydrogens is 554 g/mol. The monoisotopic (exact) mass is 599 g/mol. The lowest BCUT2D eigenvalue weighted by molar-refractivity contribution is -0.147. The number of likely N-dealkylation sites (tertiary alicyclic amines) is 1. The van der Waals surface area contributed by atoms with E-state index in [1.165, 1.54) is 18.6 Å². The maximum atomic E-state index is 14.3. The first-order valence-corrected chi connectivity index (χ1v) is 15.5. The topological polar surface area (TPSA) is 167 Å². The average molecular weight is 600 g/mol. The summed E-state index contributed by atoms with van der Waals surface area (Å²) in [7, 11) is 0. The number of nitrogens with zero attached hydrogens (tertiary/aromatic N) is 1. The minimum Gasteiger partial charge on any atom is -0.472 e. The van der Waals surface area contributed by atoms with Crippen LogP contribution >= 0.6 is 0 Å². The summed E-state index contributed by atoms with van der Waals surface area (Å²) >= 11 is 0. The molecule has 4 rings (SSSR count). The second kappa shape index (κ2) is 13.7. The third-order valence-electron chi connectivity index (χ3n) is 8.60. The highest BCUT2D eigenvalue weighted by Crippen LogP contribution is 2.41. The van der Waals surface area contributed by atoms with Gasteiger partial charge in [-0.15, -0.1) is 0 Å². The van der Waals surface area contributed by atoms with E-state index >= 15 is 0 Å². The molecule has 1 aliphatic heterocycles. The number of carbonyl (C=O) groups excluding carboxylic acids is 6. The zero-order valence-electron chi connectivity index (χ0n) is 25.6. The summed E-state index contributed by atoms with van der Waals surface area (Å²) in [6.45, 7) is 7.02. The van der Waals surface area contributed by atoms with E-state index in [-0.39, 0.29) is 36.0 Å². The minimum absolute atomic E-state index is 0.0176. The van der Waals surface area contributed by atoms with Crippen molar-refractivity contribution in [2.75, 3.05) is 6.54 Å². The van der Waals surface area contributed by atoms with Crippen molar-refractivity contribution in [3.8, 4) is 0 Å². The number of hydrogen-bond acceptors (Lipinski definition) is 7. The van der Waals surface area contributed by atoms with Gasteiger partial charge in [0.1, 0.15) is 18.3 Å². The molecule has 0 unspecified atom stereocenters. The molecule has 0 radical (unpaired) electrons. The molecule has 236 valence electrons. The maximum Gasteiger partial charge on any atom is 0.289 e. The molecule has 1 aromatic heterocycles. The highest BCUT2D eigenvalue weighted by molar-refractivity contribution is 6.38. The van der Waals surface area contributed by atoms with Crippen molar-refractivity contribution in [3.05, 3.63) is 24.2 Å². The molecule has 5 amide bonds. The predicted molar refractivity (Wildman–Crippen MR) is 156 cm³/mol. The smallest absolute Gasteiger partial charge is 0.289 e. The number of ketones is 1. The van der Waals surface area contributed by atoms with E-state index in [4.69, 9.17) is 4.42 Å². The van der Waals surface area contributed by atoms with Crippen LogP contribution in [0.5, 0.6) is 0 Å². The van der Waals surface area contributed by atoms with Crippen molar-refractivity contribution >= 4 is 35.3 Å². The van der Waals surface area contributed by atoms with Gasteiger partial charge in [0.05, 0.1) is 24.4 Å². The molecule has 3 aliphatic rings. The lowest BCUT2D eigenvalue weighted by Crippen LogP contribution is -2.61. The number of rotatable bonds is 12. The van der Waals surface area contributed by atoms with Gasteiger partial charge in [-0.2, -0.15) is 0 Å². The highest BCUT2D eigenvalue weighted by Gasteiger charge is 2.51. The van der Waals surface area contributed by atoms with Crippen LogP contribution in [0.4, 0.5) is 0 Å². The molecule has 2 aliphatic carbocycles. The first-order chi connectivity index (χ1) is 20.4. The van der Waals surface area contributed by atoms with E-state index in [1.54, 1.807) is 4.90 Å². The summed E-state index contributed by atoms with van der Waals surface area (Å²) in [6.07, 6.45) is 9.20. The Morgan fingerprint density at radius 2 is 1.74 bits per heavy atom. The average Bonchev–Trinajstić information content (AvgIpc) is 3.44. The Balaban J connectivity index is 1.50. The number of hydrogen-bond donors (Lipinski definition) is 4. The second-order valence-corrected chi connectivity index (χ2v) is 13.1. The van der Waals surface area contributed by atoms with E-state index in [0.717, 1.165) is 38.5 Å². The van der Waals surface area contributed by atoms with Crippen molar-refractivity contribution in [3.63, 3.8) is 0 Å². The standard InChI is InChI=1S/C31H45N5O7/c1-5-8-21(25(38)29(41)33-20-11-12-20)34-28(40)23-15-18-9-6-7-10-22(18)36(23)30(42)26(31(2,3)4)35-24(37)16-32-27(39)19-13-14-43-17-19/h13-14,17-18,20-23,26H,5-12,15-16H2,1-4H3,(H,32,39)(H,33,41)(H,34,40)(H,35,37)/t18-,21-,22-,23-,26+/m0/s1. The lowest BCUT2D eigenvalue weighted by atomic mass is 9.83. The summed E-state index contributed by atoms with van der Waals surface area (Å²) in [5.74, 6) is -3.09. The van der Waals surface area contributed by atoms with Crippen molar-refractivity contribution in [2.24, 2.45) is 11.3 Å². The molecule has 2 saturated carbocycles. The Kier molecular flexibility index (Phi) is 10.3. The van der Waals surface area contributed by atoms with Crippen molar-refractivity contribution in [1.82, 2.24) is 26.2 Å². The number of carbonyl (C=O) groups is 6. The normalized spacial score (nSPS) is 23.0. The van der Waals surface area contributed by atoms with E-state index in [2.05, 4.69) is 21.3 Å². The Bertz CT molecular complexity index is 1200. The molecule has 1 aromatic rings. The van der Waals surface area contributed by atoms with Gasteiger partial charge >= 0.3 is 0 Å². The van der Waals surface area contributed by atoms with Crippen LogP contribution in [0.15, 0.2) is 23.0 Å². The molecule has 3 fully saturated rings. The molecule has 0 bridgehead atoms. The van der Waals surface area contributed by atoms with Crippen molar-refractivity contribution in [1.29, 1.82) is 0 Å². The number of furan rings is 1. The van der Waals surface area contributed by atoms with Gasteiger partial charge in [-0.25, -0.2) is 0 Å². The molecular formula is C31H45N5O7. The Morgan fingerprint density at radius 3 is 2.37 bits per heavy atom. The zero-order valence-corrected chi connectivity index (χ0v) is 25.6. The van der Waals surface area contributed by atoms with Crippen LogP contribution < -0.4 is 21.3 Å². The van der Waals surface area contributed by atoms with Crippen LogP contribution in [0.3, 0.4) is 0 Å². The Hall–Kier alpha value is -3.70. The first-order valence-electron chi connectivity index (χ1n) is 15.5. The van der Waals surface area contributed by atoms with E-state index in [1.807, 2.05) is 27.7 Å². The quantitative estimate of drug-likeness (QED) is 0.266. The van der Waals surface area contributed by atoms with E-state index in [0.29, 0.717) is 19.3 Å². The third kappa shape index (κ3) is 8.03. The molecule has 0 spiro atoms. The van der Waals surface area contributed by atoms with Crippen molar-refractivity contribution < 1.29 is 33.2 Å². The molecule has 12 heteroatoms. The summed E-state index contributed by atoms with van der Waals surface area (Å²) in [5, 5.41) is 10.8. The summed E-state index contributed by atoms with van der Waals surface area (Å²) in [6, 6.07) is -1.46. The van der Waals surface area contributed by atoms with Gasteiger partial charge in [-0.05, 0) is 55.9 Å². The molecule has 12 nitrogen and oxygen atoms in total. The van der Waals surface area contributed by atoms with Crippen LogP contribution in [0.2, 0.25) is 0 Å². The molecule has 2 heterocycles. The largest absolute Gasteiger partial charge is 0.472 e. The molecule has 5 atom stereocenters. The van der Waals surface area contributed by atoms with Crippen LogP contribution in [0.1, 0.15) is 95.8 Å². The van der Waals surface area contributed by atoms with Gasteiger partial charge in [0.25, 0.3) is 11.8 Å². The minimum atomic E-state index is -0.979. The van der Waals surface area contributed by atoms with Crippen LogP contribution in [-0.4, -0.2) is 77.0 Å². The molecule has 1 saturated heterocycles. The summed E-state index contributed by atoms with van der Waals surface area (Å²) in [4.78, 5) is 80.4. The van der Waals surface area contributed by atoms with Crippen LogP contribution in [0, 0.1) is 11.3 Å². The Labute approximate surface area is 252 Å². The van der Waals surface area contributed by atoms with Crippen LogP contribution in [0.25, 0.3) is 0 Å². The first kappa shape index (κ1) is 32.2.